The number of anilines is 1. The van der Waals surface area contributed by atoms with E-state index >= 15 is 0 Å². The van der Waals surface area contributed by atoms with E-state index in [0.717, 1.165) is 30.9 Å². The van der Waals surface area contributed by atoms with Crippen molar-refractivity contribution < 1.29 is 33.0 Å². The van der Waals surface area contributed by atoms with Gasteiger partial charge in [-0.1, -0.05) is 56.5 Å². The summed E-state index contributed by atoms with van der Waals surface area (Å²) in [6.07, 6.45) is 5.85. The van der Waals surface area contributed by atoms with Gasteiger partial charge in [0.05, 0.1) is 23.0 Å². The first kappa shape index (κ1) is 28.2. The number of carbonyl (C=O) groups is 3. The van der Waals surface area contributed by atoms with Crippen LogP contribution in [0.3, 0.4) is 0 Å². The van der Waals surface area contributed by atoms with Gasteiger partial charge in [-0.05, 0) is 54.2 Å². The number of halogens is 2. The van der Waals surface area contributed by atoms with Gasteiger partial charge in [0.25, 0.3) is 0 Å². The molecule has 2 bridgehead atoms. The number of nitrogens with zero attached hydrogens (tertiary/aromatic N) is 1. The number of benzene rings is 2. The van der Waals surface area contributed by atoms with E-state index in [1.54, 1.807) is 24.3 Å². The Morgan fingerprint density at radius 3 is 2.72 bits per heavy atom. The first-order valence-corrected chi connectivity index (χ1v) is 15.2. The number of hydrogen-bond donors (Lipinski definition) is 2. The maximum absolute atomic E-state index is 14.3. The Kier molecular flexibility index (Phi) is 6.89. The molecule has 4 aliphatic heterocycles. The maximum Gasteiger partial charge on any atom is 0.246 e. The highest BCUT2D eigenvalue weighted by molar-refractivity contribution is 6.31. The van der Waals surface area contributed by atoms with Crippen LogP contribution in [0.1, 0.15) is 38.7 Å². The molecule has 226 valence electrons. The third-order valence-corrected chi connectivity index (χ3v) is 10.2. The minimum Gasteiger partial charge on any atom is -0.454 e. The summed E-state index contributed by atoms with van der Waals surface area (Å²) in [5.74, 6) is -1.59. The minimum atomic E-state index is -1.31. The molecule has 4 heterocycles. The lowest BCUT2D eigenvalue weighted by atomic mass is 9.73. The summed E-state index contributed by atoms with van der Waals surface area (Å²) in [5.41, 5.74) is -0.254. The summed E-state index contributed by atoms with van der Waals surface area (Å²) in [6, 6.07) is 8.30. The largest absolute Gasteiger partial charge is 0.454 e. The van der Waals surface area contributed by atoms with Crippen LogP contribution in [0.25, 0.3) is 0 Å². The first-order valence-electron chi connectivity index (χ1n) is 14.8. The molecule has 43 heavy (non-hydrogen) atoms. The second kappa shape index (κ2) is 10.5. The van der Waals surface area contributed by atoms with Gasteiger partial charge in [0.15, 0.2) is 11.5 Å². The van der Waals surface area contributed by atoms with Crippen molar-refractivity contribution in [1.29, 1.82) is 0 Å². The second-order valence-electron chi connectivity index (χ2n) is 12.4. The molecule has 2 saturated heterocycles. The molecule has 3 fully saturated rings. The fourth-order valence-electron chi connectivity index (χ4n) is 7.52. The molecule has 8 atom stereocenters. The van der Waals surface area contributed by atoms with E-state index in [2.05, 4.69) is 24.5 Å². The van der Waals surface area contributed by atoms with Crippen LogP contribution in [0.15, 0.2) is 48.6 Å². The molecule has 2 aromatic rings. The van der Waals surface area contributed by atoms with Crippen LogP contribution >= 0.6 is 11.6 Å². The third kappa shape index (κ3) is 4.57. The number of nitrogens with one attached hydrogen (secondary N) is 2. The van der Waals surface area contributed by atoms with E-state index in [9.17, 15) is 18.8 Å². The van der Waals surface area contributed by atoms with E-state index in [0.29, 0.717) is 23.1 Å². The van der Waals surface area contributed by atoms with Crippen molar-refractivity contribution in [3.05, 3.63) is 65.0 Å². The molecular formula is C32H33ClFN3O6. The Bertz CT molecular complexity index is 1530. The fraction of sp³-hybridized carbons (Fsp3) is 0.469. The maximum atomic E-state index is 14.3. The molecule has 0 unspecified atom stereocenters. The zero-order chi connectivity index (χ0) is 30.0. The summed E-state index contributed by atoms with van der Waals surface area (Å²) in [6.45, 7) is 4.59. The van der Waals surface area contributed by atoms with Crippen LogP contribution in [0, 0.1) is 29.5 Å². The summed E-state index contributed by atoms with van der Waals surface area (Å²) in [5, 5.41) is 5.91. The lowest BCUT2D eigenvalue weighted by Crippen LogP contribution is -2.57. The van der Waals surface area contributed by atoms with Crippen molar-refractivity contribution in [2.75, 3.05) is 12.1 Å². The van der Waals surface area contributed by atoms with Gasteiger partial charge in [0.2, 0.25) is 24.5 Å². The van der Waals surface area contributed by atoms with Crippen LogP contribution < -0.4 is 20.1 Å². The number of ether oxygens (including phenoxy) is 3. The monoisotopic (exact) mass is 609 g/mol. The number of amides is 3. The van der Waals surface area contributed by atoms with Crippen molar-refractivity contribution in [1.82, 2.24) is 10.2 Å². The predicted octanol–water partition coefficient (Wildman–Crippen LogP) is 4.44. The molecule has 0 radical (unpaired) electrons. The molecule has 5 aliphatic rings. The molecule has 7 rings (SSSR count). The fourth-order valence-corrected chi connectivity index (χ4v) is 7.70. The first-order chi connectivity index (χ1) is 20.7. The lowest BCUT2D eigenvalue weighted by Gasteiger charge is -2.38. The van der Waals surface area contributed by atoms with Crippen molar-refractivity contribution in [2.24, 2.45) is 23.7 Å². The average Bonchev–Trinajstić information content (AvgIpc) is 3.74. The van der Waals surface area contributed by atoms with Crippen LogP contribution in [0.4, 0.5) is 10.1 Å². The minimum absolute atomic E-state index is 0.0286. The standard InChI is InChI=1S/C32H33ClFN3O6/c1-16-4-3-5-22(17(16)2)36-30(39)28-32-11-10-24(43-32)26(29(38)35-19-7-8-21(34)20(33)13-19)27(32)31(40)37(28)14-18-6-9-23-25(12-18)42-15-41-23/h6-13,16-17,22,24,26-28H,3-5,14-15H2,1-2H3,(H,35,38)(H,36,39)/t16-,17-,22+,24-,26+,27-,28+,32+/m1/s1. The molecule has 2 N–H and O–H groups in total. The Hall–Kier alpha value is -3.63. The van der Waals surface area contributed by atoms with Gasteiger partial charge in [-0.25, -0.2) is 4.39 Å². The van der Waals surface area contributed by atoms with Gasteiger partial charge in [-0.15, -0.1) is 0 Å². The molecule has 1 spiro atoms. The summed E-state index contributed by atoms with van der Waals surface area (Å²) in [4.78, 5) is 43.8. The van der Waals surface area contributed by atoms with Gasteiger partial charge in [0.1, 0.15) is 17.5 Å². The predicted molar refractivity (Wildman–Crippen MR) is 155 cm³/mol. The van der Waals surface area contributed by atoms with E-state index in [-0.39, 0.29) is 42.1 Å². The van der Waals surface area contributed by atoms with Crippen LogP contribution in [-0.4, -0.2) is 53.2 Å². The quantitative estimate of drug-likeness (QED) is 0.469. The zero-order valence-electron chi connectivity index (χ0n) is 23.8. The van der Waals surface area contributed by atoms with Crippen molar-refractivity contribution >= 4 is 35.0 Å². The summed E-state index contributed by atoms with van der Waals surface area (Å²) >= 11 is 5.93. The molecule has 3 amide bonds. The van der Waals surface area contributed by atoms with Gasteiger partial charge in [-0.3, -0.25) is 14.4 Å². The van der Waals surface area contributed by atoms with Crippen molar-refractivity contribution in [2.45, 2.75) is 63.4 Å². The Balaban J connectivity index is 1.21. The highest BCUT2D eigenvalue weighted by Gasteiger charge is 2.72. The molecule has 1 aliphatic carbocycles. The lowest BCUT2D eigenvalue weighted by molar-refractivity contribution is -0.142. The number of carbonyl (C=O) groups excluding carboxylic acids is 3. The molecular weight excluding hydrogens is 577 g/mol. The summed E-state index contributed by atoms with van der Waals surface area (Å²) in [7, 11) is 0. The average molecular weight is 610 g/mol. The molecule has 11 heteroatoms. The Morgan fingerprint density at radius 1 is 1.09 bits per heavy atom. The normalized spacial score (nSPS) is 33.5. The van der Waals surface area contributed by atoms with Gasteiger partial charge >= 0.3 is 0 Å². The topological polar surface area (TPSA) is 106 Å². The zero-order valence-corrected chi connectivity index (χ0v) is 24.6. The SMILES string of the molecule is C[C@@H]1[C@H](C)CCC[C@@H]1NC(=O)[C@@H]1N(Cc2ccc3c(c2)OCO3)C(=O)[C@H]2[C@@H](C(=O)Nc3ccc(F)c(Cl)c3)[C@H]3C=C[C@@]12O3. The Labute approximate surface area is 253 Å². The molecule has 9 nitrogen and oxygen atoms in total. The molecule has 1 saturated carbocycles. The number of hydrogen-bond acceptors (Lipinski definition) is 6. The number of likely N-dealkylation sites (tertiary alicyclic amines) is 1. The number of rotatable bonds is 6. The van der Waals surface area contributed by atoms with E-state index in [1.165, 1.54) is 17.0 Å². The second-order valence-corrected chi connectivity index (χ2v) is 12.8. The van der Waals surface area contributed by atoms with E-state index < -0.39 is 41.3 Å². The summed E-state index contributed by atoms with van der Waals surface area (Å²) < 4.78 is 31.2. The van der Waals surface area contributed by atoms with Crippen LogP contribution in [0.5, 0.6) is 11.5 Å². The van der Waals surface area contributed by atoms with Crippen LogP contribution in [-0.2, 0) is 25.7 Å². The van der Waals surface area contributed by atoms with Crippen molar-refractivity contribution in [3.8, 4) is 11.5 Å². The van der Waals surface area contributed by atoms with Gasteiger partial charge in [0, 0.05) is 18.3 Å². The van der Waals surface area contributed by atoms with Gasteiger partial charge < -0.3 is 29.7 Å². The third-order valence-electron chi connectivity index (χ3n) is 9.94. The highest BCUT2D eigenvalue weighted by Crippen LogP contribution is 2.55. The Morgan fingerprint density at radius 2 is 1.91 bits per heavy atom. The van der Waals surface area contributed by atoms with E-state index in [4.69, 9.17) is 25.8 Å². The molecule has 0 aromatic heterocycles. The smallest absolute Gasteiger partial charge is 0.246 e. The van der Waals surface area contributed by atoms with Gasteiger partial charge in [-0.2, -0.15) is 0 Å². The molecule has 2 aromatic carbocycles. The van der Waals surface area contributed by atoms with Crippen molar-refractivity contribution in [3.63, 3.8) is 0 Å². The highest BCUT2D eigenvalue weighted by atomic mass is 35.5. The van der Waals surface area contributed by atoms with Crippen LogP contribution in [0.2, 0.25) is 5.02 Å². The number of fused-ring (bicyclic) bond motifs is 2. The van der Waals surface area contributed by atoms with E-state index in [1.807, 2.05) is 6.07 Å².